The first kappa shape index (κ1) is 14.4. The van der Waals surface area contributed by atoms with Gasteiger partial charge in [0, 0.05) is 13.2 Å². The summed E-state index contributed by atoms with van der Waals surface area (Å²) in [6.07, 6.45) is 2.72. The van der Waals surface area contributed by atoms with E-state index in [2.05, 4.69) is 15.4 Å². The first-order valence-electron chi connectivity index (χ1n) is 6.11. The summed E-state index contributed by atoms with van der Waals surface area (Å²) in [7, 11) is 1.60. The van der Waals surface area contributed by atoms with E-state index in [4.69, 9.17) is 4.74 Å². The van der Waals surface area contributed by atoms with Gasteiger partial charge in [-0.3, -0.25) is 10.1 Å². The molecule has 2 heterocycles. The Labute approximate surface area is 119 Å². The summed E-state index contributed by atoms with van der Waals surface area (Å²) in [5.41, 5.74) is 0.119. The first-order valence-corrected chi connectivity index (χ1v) is 6.11. The van der Waals surface area contributed by atoms with Crippen molar-refractivity contribution in [3.8, 4) is 5.82 Å². The maximum Gasteiger partial charge on any atom is 0.341 e. The van der Waals surface area contributed by atoms with E-state index in [1.54, 1.807) is 14.0 Å². The fourth-order valence-corrected chi connectivity index (χ4v) is 1.62. The van der Waals surface area contributed by atoms with Gasteiger partial charge in [0.15, 0.2) is 5.82 Å². The number of hydrogen-bond donors (Lipinski definition) is 1. The number of ether oxygens (including phenoxy) is 1. The molecule has 0 spiro atoms. The molecule has 0 fully saturated rings. The summed E-state index contributed by atoms with van der Waals surface area (Å²) in [6, 6.07) is 2.57. The lowest BCUT2D eigenvalue weighted by molar-refractivity contribution is -0.384. The van der Waals surface area contributed by atoms with Crippen LogP contribution in [0.15, 0.2) is 24.5 Å². The molecule has 2 aromatic heterocycles. The molecule has 0 atom stereocenters. The van der Waals surface area contributed by atoms with Crippen LogP contribution in [0.25, 0.3) is 5.82 Å². The van der Waals surface area contributed by atoms with Gasteiger partial charge in [-0.2, -0.15) is 5.10 Å². The van der Waals surface area contributed by atoms with Crippen molar-refractivity contribution in [2.45, 2.75) is 6.92 Å². The van der Waals surface area contributed by atoms with Crippen LogP contribution >= 0.6 is 0 Å². The van der Waals surface area contributed by atoms with Crippen LogP contribution < -0.4 is 5.32 Å². The number of nitrogens with one attached hydrogen (secondary N) is 1. The Hall–Kier alpha value is -2.97. The lowest BCUT2D eigenvalue weighted by Gasteiger charge is -2.04. The fraction of sp³-hybridized carbons (Fsp3) is 0.250. The Balaban J connectivity index is 2.39. The second-order valence-corrected chi connectivity index (χ2v) is 3.97. The average Bonchev–Trinajstić information content (AvgIpc) is 2.97. The summed E-state index contributed by atoms with van der Waals surface area (Å²) >= 11 is 0. The Morgan fingerprint density at radius 1 is 1.52 bits per heavy atom. The van der Waals surface area contributed by atoms with Crippen molar-refractivity contribution in [2.24, 2.45) is 0 Å². The van der Waals surface area contributed by atoms with Gasteiger partial charge in [0.25, 0.3) is 5.69 Å². The maximum atomic E-state index is 11.6. The normalized spacial score (nSPS) is 10.2. The van der Waals surface area contributed by atoms with Gasteiger partial charge in [-0.25, -0.2) is 14.5 Å². The number of pyridine rings is 1. The van der Waals surface area contributed by atoms with E-state index in [9.17, 15) is 14.9 Å². The molecule has 110 valence electrons. The third-order valence-corrected chi connectivity index (χ3v) is 2.59. The lowest BCUT2D eigenvalue weighted by Crippen LogP contribution is -2.04. The molecule has 21 heavy (non-hydrogen) atoms. The van der Waals surface area contributed by atoms with Crippen molar-refractivity contribution >= 4 is 17.5 Å². The number of carbonyl (C=O) groups excluding carboxylic acids is 1. The zero-order valence-corrected chi connectivity index (χ0v) is 11.4. The smallest absolute Gasteiger partial charge is 0.341 e. The zero-order chi connectivity index (χ0) is 15.4. The predicted octanol–water partition coefficient (Wildman–Crippen LogP) is 1.39. The molecular weight excluding hydrogens is 278 g/mol. The summed E-state index contributed by atoms with van der Waals surface area (Å²) in [6.45, 7) is 1.95. The largest absolute Gasteiger partial charge is 0.462 e. The molecule has 0 saturated heterocycles. The molecule has 0 bridgehead atoms. The van der Waals surface area contributed by atoms with Crippen LogP contribution in [0.4, 0.5) is 11.5 Å². The average molecular weight is 291 g/mol. The first-order chi connectivity index (χ1) is 10.0. The third-order valence-electron chi connectivity index (χ3n) is 2.59. The lowest BCUT2D eigenvalue weighted by atomic mass is 10.3. The van der Waals surface area contributed by atoms with Crippen LogP contribution in [0.3, 0.4) is 0 Å². The van der Waals surface area contributed by atoms with Crippen LogP contribution in [0.5, 0.6) is 0 Å². The number of nitro groups is 1. The van der Waals surface area contributed by atoms with Crippen molar-refractivity contribution in [3.05, 3.63) is 40.2 Å². The number of carbonyl (C=O) groups is 1. The number of aromatic nitrogens is 3. The molecule has 0 aliphatic heterocycles. The molecule has 9 nitrogen and oxygen atoms in total. The van der Waals surface area contributed by atoms with E-state index in [0.29, 0.717) is 5.82 Å². The van der Waals surface area contributed by atoms with Crippen molar-refractivity contribution in [1.29, 1.82) is 0 Å². The molecule has 0 saturated carbocycles. The summed E-state index contributed by atoms with van der Waals surface area (Å²) in [5, 5.41) is 17.6. The SMILES string of the molecule is CCOC(=O)c1cnn(-c2cc([N+](=O)[O-])cc(NC)n2)c1. The molecule has 0 aliphatic rings. The van der Waals surface area contributed by atoms with Gasteiger partial charge in [-0.1, -0.05) is 0 Å². The Kier molecular flexibility index (Phi) is 4.12. The molecule has 0 unspecified atom stereocenters. The summed E-state index contributed by atoms with van der Waals surface area (Å²) in [5.74, 6) is 0.0412. The molecule has 2 rings (SSSR count). The van der Waals surface area contributed by atoms with Gasteiger partial charge in [0.1, 0.15) is 5.82 Å². The van der Waals surface area contributed by atoms with E-state index in [-0.39, 0.29) is 23.7 Å². The number of rotatable bonds is 5. The standard InChI is InChI=1S/C12H13N5O4/c1-3-21-12(18)8-6-14-16(7-8)11-5-9(17(19)20)4-10(13-2)15-11/h4-7H,3H2,1-2H3,(H,13,15). The molecular formula is C12H13N5O4. The van der Waals surface area contributed by atoms with E-state index in [1.165, 1.54) is 29.2 Å². The Bertz CT molecular complexity index is 682. The minimum Gasteiger partial charge on any atom is -0.462 e. The van der Waals surface area contributed by atoms with Gasteiger partial charge in [0.2, 0.25) is 0 Å². The van der Waals surface area contributed by atoms with Crippen molar-refractivity contribution in [3.63, 3.8) is 0 Å². The van der Waals surface area contributed by atoms with Gasteiger partial charge in [0.05, 0.1) is 35.4 Å². The third kappa shape index (κ3) is 3.14. The molecule has 1 N–H and O–H groups in total. The van der Waals surface area contributed by atoms with Gasteiger partial charge >= 0.3 is 5.97 Å². The second-order valence-electron chi connectivity index (χ2n) is 3.97. The van der Waals surface area contributed by atoms with Gasteiger partial charge in [-0.15, -0.1) is 0 Å². The number of nitrogens with zero attached hydrogens (tertiary/aromatic N) is 4. The highest BCUT2D eigenvalue weighted by atomic mass is 16.6. The molecule has 0 amide bonds. The van der Waals surface area contributed by atoms with Crippen molar-refractivity contribution < 1.29 is 14.5 Å². The van der Waals surface area contributed by atoms with Crippen molar-refractivity contribution in [1.82, 2.24) is 14.8 Å². The van der Waals surface area contributed by atoms with Crippen LogP contribution in [0.1, 0.15) is 17.3 Å². The van der Waals surface area contributed by atoms with Crippen LogP contribution in [0, 0.1) is 10.1 Å². The highest BCUT2D eigenvalue weighted by Crippen LogP contribution is 2.19. The zero-order valence-electron chi connectivity index (χ0n) is 11.4. The minimum absolute atomic E-state index is 0.127. The Morgan fingerprint density at radius 2 is 2.29 bits per heavy atom. The topological polar surface area (TPSA) is 112 Å². The number of hydrogen-bond acceptors (Lipinski definition) is 7. The van der Waals surface area contributed by atoms with Crippen LogP contribution in [-0.2, 0) is 4.74 Å². The van der Waals surface area contributed by atoms with E-state index < -0.39 is 10.9 Å². The molecule has 2 aromatic rings. The molecule has 0 aromatic carbocycles. The Morgan fingerprint density at radius 3 is 2.90 bits per heavy atom. The van der Waals surface area contributed by atoms with Crippen LogP contribution in [-0.4, -0.2) is 39.3 Å². The quantitative estimate of drug-likeness (QED) is 0.503. The highest BCUT2D eigenvalue weighted by Gasteiger charge is 2.15. The van der Waals surface area contributed by atoms with E-state index in [0.717, 1.165) is 0 Å². The second kappa shape index (κ2) is 5.99. The monoisotopic (exact) mass is 291 g/mol. The maximum absolute atomic E-state index is 11.6. The number of esters is 1. The summed E-state index contributed by atoms with van der Waals surface area (Å²) < 4.78 is 6.13. The molecule has 9 heteroatoms. The number of anilines is 1. The predicted molar refractivity (Wildman–Crippen MR) is 73.5 cm³/mol. The van der Waals surface area contributed by atoms with E-state index in [1.807, 2.05) is 0 Å². The van der Waals surface area contributed by atoms with Crippen LogP contribution in [0.2, 0.25) is 0 Å². The van der Waals surface area contributed by atoms with E-state index >= 15 is 0 Å². The van der Waals surface area contributed by atoms with Gasteiger partial charge in [-0.05, 0) is 6.92 Å². The minimum atomic E-state index is -0.526. The van der Waals surface area contributed by atoms with Gasteiger partial charge < -0.3 is 10.1 Å². The van der Waals surface area contributed by atoms with Crippen molar-refractivity contribution in [2.75, 3.05) is 19.0 Å². The molecule has 0 radical (unpaired) electrons. The highest BCUT2D eigenvalue weighted by molar-refractivity contribution is 5.88. The molecule has 0 aliphatic carbocycles. The fourth-order valence-electron chi connectivity index (χ4n) is 1.62. The summed E-state index contributed by atoms with van der Waals surface area (Å²) in [4.78, 5) is 26.1.